The maximum absolute atomic E-state index is 12.5. The molecule has 9 nitrogen and oxygen atoms in total. The Morgan fingerprint density at radius 2 is 1.86 bits per heavy atom. The second kappa shape index (κ2) is 5.82. The first-order valence-electron chi connectivity index (χ1n) is 6.07. The van der Waals surface area contributed by atoms with E-state index in [-0.39, 0.29) is 0 Å². The lowest BCUT2D eigenvalue weighted by Crippen LogP contribution is -2.47. The summed E-state index contributed by atoms with van der Waals surface area (Å²) in [6.07, 6.45) is 0.941. The highest BCUT2D eigenvalue weighted by atomic mass is 32.2. The van der Waals surface area contributed by atoms with Crippen LogP contribution in [0.2, 0.25) is 0 Å². The van der Waals surface area contributed by atoms with E-state index in [1.807, 2.05) is 0 Å². The third-order valence-electron chi connectivity index (χ3n) is 2.89. The SMILES string of the molecule is CC(C)N(CC(N)=O)S(=O)(=O)c1cn(C)c(=O)n(C)c1=O. The Balaban J connectivity index is 3.60. The Kier molecular flexibility index (Phi) is 4.74. The maximum Gasteiger partial charge on any atom is 0.330 e. The number of carbonyl (C=O) groups excluding carboxylic acids is 1. The minimum atomic E-state index is -4.25. The lowest BCUT2D eigenvalue weighted by molar-refractivity contribution is -0.118. The molecule has 0 atom stereocenters. The highest BCUT2D eigenvalue weighted by Crippen LogP contribution is 2.13. The van der Waals surface area contributed by atoms with Gasteiger partial charge in [-0.05, 0) is 13.8 Å². The van der Waals surface area contributed by atoms with Gasteiger partial charge in [0.05, 0.1) is 6.54 Å². The summed E-state index contributed by atoms with van der Waals surface area (Å²) in [6, 6.07) is -0.579. The molecule has 1 amide bonds. The summed E-state index contributed by atoms with van der Waals surface area (Å²) in [5.74, 6) is -0.839. The van der Waals surface area contributed by atoms with Crippen LogP contribution in [0, 0.1) is 0 Å². The fourth-order valence-corrected chi connectivity index (χ4v) is 3.53. The molecule has 0 unspecified atom stereocenters. The molecule has 1 aromatic heterocycles. The molecule has 0 saturated heterocycles. The van der Waals surface area contributed by atoms with Gasteiger partial charge in [-0.15, -0.1) is 0 Å². The van der Waals surface area contributed by atoms with E-state index < -0.39 is 44.7 Å². The van der Waals surface area contributed by atoms with E-state index in [9.17, 15) is 22.8 Å². The minimum absolute atomic E-state index is 0.550. The summed E-state index contributed by atoms with van der Waals surface area (Å²) in [5, 5.41) is 0. The van der Waals surface area contributed by atoms with Crippen LogP contribution in [-0.2, 0) is 28.9 Å². The first kappa shape index (κ1) is 17.1. The van der Waals surface area contributed by atoms with Gasteiger partial charge >= 0.3 is 5.69 Å². The Hall–Kier alpha value is -1.94. The first-order chi connectivity index (χ1) is 9.50. The highest BCUT2D eigenvalue weighted by Gasteiger charge is 2.31. The summed E-state index contributed by atoms with van der Waals surface area (Å²) < 4.78 is 27.6. The van der Waals surface area contributed by atoms with Crippen molar-refractivity contribution in [3.8, 4) is 0 Å². The second-order valence-electron chi connectivity index (χ2n) is 4.86. The van der Waals surface area contributed by atoms with Crippen LogP contribution < -0.4 is 17.0 Å². The largest absolute Gasteiger partial charge is 0.369 e. The molecule has 2 N–H and O–H groups in total. The van der Waals surface area contributed by atoms with E-state index >= 15 is 0 Å². The number of amides is 1. The standard InChI is InChI=1S/C11H18N4O5S/c1-7(2)15(6-9(12)16)21(19,20)8-5-13(3)11(18)14(4)10(8)17/h5,7H,6H2,1-4H3,(H2,12,16). The van der Waals surface area contributed by atoms with Crippen molar-refractivity contribution in [2.24, 2.45) is 19.8 Å². The number of hydrogen-bond acceptors (Lipinski definition) is 5. The molecule has 0 saturated carbocycles. The number of nitrogens with zero attached hydrogens (tertiary/aromatic N) is 3. The summed E-state index contributed by atoms with van der Waals surface area (Å²) in [5.41, 5.74) is 3.45. The minimum Gasteiger partial charge on any atom is -0.369 e. The van der Waals surface area contributed by atoms with Gasteiger partial charge in [0, 0.05) is 26.3 Å². The summed E-state index contributed by atoms with van der Waals surface area (Å²) in [7, 11) is -1.74. The molecule has 0 aliphatic heterocycles. The van der Waals surface area contributed by atoms with E-state index in [0.717, 1.165) is 15.1 Å². The number of primary amides is 1. The van der Waals surface area contributed by atoms with Gasteiger partial charge in [-0.2, -0.15) is 4.31 Å². The topological polar surface area (TPSA) is 124 Å². The van der Waals surface area contributed by atoms with E-state index in [4.69, 9.17) is 5.73 Å². The van der Waals surface area contributed by atoms with Crippen molar-refractivity contribution in [3.63, 3.8) is 0 Å². The van der Waals surface area contributed by atoms with Crippen LogP contribution in [0.15, 0.2) is 20.7 Å². The fraction of sp³-hybridized carbons (Fsp3) is 0.545. The third kappa shape index (κ3) is 3.22. The van der Waals surface area contributed by atoms with Crippen LogP contribution in [0.1, 0.15) is 13.8 Å². The number of aryl methyl sites for hydroxylation is 1. The fourth-order valence-electron chi connectivity index (χ4n) is 1.78. The van der Waals surface area contributed by atoms with Crippen molar-refractivity contribution in [2.75, 3.05) is 6.54 Å². The number of carbonyl (C=O) groups is 1. The monoisotopic (exact) mass is 318 g/mol. The average molecular weight is 318 g/mol. The van der Waals surface area contributed by atoms with Gasteiger partial charge < -0.3 is 10.3 Å². The van der Waals surface area contributed by atoms with E-state index in [1.54, 1.807) is 13.8 Å². The first-order valence-corrected chi connectivity index (χ1v) is 7.51. The molecule has 21 heavy (non-hydrogen) atoms. The van der Waals surface area contributed by atoms with Gasteiger partial charge in [0.2, 0.25) is 5.91 Å². The van der Waals surface area contributed by atoms with Crippen LogP contribution in [0.5, 0.6) is 0 Å². The summed E-state index contributed by atoms with van der Waals surface area (Å²) >= 11 is 0. The zero-order valence-corrected chi connectivity index (χ0v) is 13.0. The van der Waals surface area contributed by atoms with Crippen molar-refractivity contribution >= 4 is 15.9 Å². The smallest absolute Gasteiger partial charge is 0.330 e. The van der Waals surface area contributed by atoms with Gasteiger partial charge in [-0.1, -0.05) is 0 Å². The zero-order chi connectivity index (χ0) is 16.5. The van der Waals surface area contributed by atoms with Gasteiger partial charge in [-0.25, -0.2) is 13.2 Å². The Morgan fingerprint density at radius 1 is 1.33 bits per heavy atom. The molecular formula is C11H18N4O5S. The van der Waals surface area contributed by atoms with Crippen LogP contribution in [0.4, 0.5) is 0 Å². The lowest BCUT2D eigenvalue weighted by Gasteiger charge is -2.24. The molecule has 10 heteroatoms. The molecule has 1 heterocycles. The van der Waals surface area contributed by atoms with Crippen molar-refractivity contribution < 1.29 is 13.2 Å². The number of nitrogens with two attached hydrogens (primary N) is 1. The van der Waals surface area contributed by atoms with Gasteiger partial charge in [0.25, 0.3) is 15.6 Å². The van der Waals surface area contributed by atoms with E-state index in [1.165, 1.54) is 14.1 Å². The van der Waals surface area contributed by atoms with E-state index in [2.05, 4.69) is 0 Å². The Morgan fingerprint density at radius 3 is 2.29 bits per heavy atom. The van der Waals surface area contributed by atoms with Crippen LogP contribution in [-0.4, -0.2) is 40.4 Å². The van der Waals surface area contributed by atoms with Crippen molar-refractivity contribution in [1.29, 1.82) is 0 Å². The number of rotatable bonds is 5. The van der Waals surface area contributed by atoms with E-state index in [0.29, 0.717) is 4.57 Å². The Labute approximate surface area is 121 Å². The summed E-state index contributed by atoms with van der Waals surface area (Å²) in [6.45, 7) is 2.55. The van der Waals surface area contributed by atoms with Crippen LogP contribution >= 0.6 is 0 Å². The highest BCUT2D eigenvalue weighted by molar-refractivity contribution is 7.89. The molecule has 0 fully saturated rings. The predicted molar refractivity (Wildman–Crippen MR) is 75.1 cm³/mol. The molecule has 0 spiro atoms. The molecule has 0 aliphatic carbocycles. The molecule has 118 valence electrons. The maximum atomic E-state index is 12.5. The predicted octanol–water partition coefficient (Wildman–Crippen LogP) is -2.03. The van der Waals surface area contributed by atoms with Crippen LogP contribution in [0.25, 0.3) is 0 Å². The molecule has 1 aromatic rings. The lowest BCUT2D eigenvalue weighted by atomic mass is 10.4. The molecule has 1 rings (SSSR count). The Bertz CT molecular complexity index is 775. The second-order valence-corrected chi connectivity index (χ2v) is 6.72. The molecule has 0 bridgehead atoms. The number of aromatic nitrogens is 2. The van der Waals surface area contributed by atoms with Crippen molar-refractivity contribution in [3.05, 3.63) is 27.0 Å². The van der Waals surface area contributed by atoms with Crippen LogP contribution in [0.3, 0.4) is 0 Å². The van der Waals surface area contributed by atoms with Crippen molar-refractivity contribution in [1.82, 2.24) is 13.4 Å². The normalized spacial score (nSPS) is 12.1. The quantitative estimate of drug-likeness (QED) is 0.670. The molecule has 0 aromatic carbocycles. The average Bonchev–Trinajstić information content (AvgIpc) is 2.36. The van der Waals surface area contributed by atoms with Gasteiger partial charge in [0.15, 0.2) is 4.90 Å². The van der Waals surface area contributed by atoms with Gasteiger partial charge in [-0.3, -0.25) is 14.2 Å². The molecule has 0 aliphatic rings. The summed E-state index contributed by atoms with van der Waals surface area (Å²) in [4.78, 5) is 34.1. The van der Waals surface area contributed by atoms with Crippen molar-refractivity contribution in [2.45, 2.75) is 24.8 Å². The number of hydrogen-bond donors (Lipinski definition) is 1. The molecule has 0 radical (unpaired) electrons. The molecular weight excluding hydrogens is 300 g/mol. The van der Waals surface area contributed by atoms with Gasteiger partial charge in [0.1, 0.15) is 0 Å². The zero-order valence-electron chi connectivity index (χ0n) is 12.2. The third-order valence-corrected chi connectivity index (χ3v) is 4.89. The number of sulfonamides is 1.